The van der Waals surface area contributed by atoms with E-state index in [9.17, 15) is 4.79 Å². The van der Waals surface area contributed by atoms with Crippen molar-refractivity contribution in [3.05, 3.63) is 28.5 Å². The molecule has 2 rings (SSSR count). The van der Waals surface area contributed by atoms with Crippen molar-refractivity contribution in [1.82, 2.24) is 9.88 Å². The first kappa shape index (κ1) is 9.46. The van der Waals surface area contributed by atoms with E-state index in [0.29, 0.717) is 11.7 Å². The number of amides is 1. The van der Waals surface area contributed by atoms with Gasteiger partial charge in [0.1, 0.15) is 5.15 Å². The van der Waals surface area contributed by atoms with Crippen LogP contribution in [0, 0.1) is 0 Å². The van der Waals surface area contributed by atoms with Crippen LogP contribution in [0.15, 0.2) is 12.1 Å². The van der Waals surface area contributed by atoms with E-state index in [1.165, 1.54) is 0 Å². The van der Waals surface area contributed by atoms with E-state index >= 15 is 0 Å². The van der Waals surface area contributed by atoms with Crippen LogP contribution in [0.5, 0.6) is 0 Å². The fraction of sp³-hybridized carbons (Fsp3) is 0.400. The van der Waals surface area contributed by atoms with Gasteiger partial charge in [0, 0.05) is 32.1 Å². The van der Waals surface area contributed by atoms with Crippen LogP contribution in [-0.2, 0) is 17.8 Å². The number of halogens is 1. The molecule has 1 aliphatic heterocycles. The van der Waals surface area contributed by atoms with Gasteiger partial charge in [0.25, 0.3) is 0 Å². The maximum Gasteiger partial charge on any atom is 0.219 e. The fourth-order valence-corrected chi connectivity index (χ4v) is 1.82. The smallest absolute Gasteiger partial charge is 0.219 e. The number of carbonyl (C=O) groups is 1. The summed E-state index contributed by atoms with van der Waals surface area (Å²) in [5.74, 6) is 0.116. The van der Waals surface area contributed by atoms with Crippen LogP contribution in [0.25, 0.3) is 0 Å². The first-order valence-electron chi connectivity index (χ1n) is 4.56. The third-order valence-electron chi connectivity index (χ3n) is 2.46. The molecule has 0 atom stereocenters. The topological polar surface area (TPSA) is 33.2 Å². The number of hydrogen-bond acceptors (Lipinski definition) is 2. The van der Waals surface area contributed by atoms with Crippen LogP contribution < -0.4 is 0 Å². The maximum absolute atomic E-state index is 11.2. The zero-order valence-electron chi connectivity index (χ0n) is 7.96. The molecular formula is C10H11ClN2O. The highest BCUT2D eigenvalue weighted by Crippen LogP contribution is 2.19. The van der Waals surface area contributed by atoms with Gasteiger partial charge in [-0.15, -0.1) is 0 Å². The minimum atomic E-state index is 0.116. The van der Waals surface area contributed by atoms with E-state index in [0.717, 1.165) is 24.2 Å². The zero-order chi connectivity index (χ0) is 10.1. The van der Waals surface area contributed by atoms with Crippen LogP contribution >= 0.6 is 11.6 Å². The number of rotatable bonds is 0. The summed E-state index contributed by atoms with van der Waals surface area (Å²) in [4.78, 5) is 17.2. The minimum absolute atomic E-state index is 0.116. The summed E-state index contributed by atoms with van der Waals surface area (Å²) in [6.07, 6.45) is 0.801. The molecule has 1 aromatic rings. The number of pyridine rings is 1. The van der Waals surface area contributed by atoms with Crippen molar-refractivity contribution >= 4 is 17.5 Å². The first-order chi connectivity index (χ1) is 6.66. The Morgan fingerprint density at radius 1 is 1.57 bits per heavy atom. The van der Waals surface area contributed by atoms with Crippen molar-refractivity contribution < 1.29 is 4.79 Å². The monoisotopic (exact) mass is 210 g/mol. The molecule has 2 heterocycles. The summed E-state index contributed by atoms with van der Waals surface area (Å²) < 4.78 is 0. The van der Waals surface area contributed by atoms with Crippen molar-refractivity contribution in [2.75, 3.05) is 6.54 Å². The third-order valence-corrected chi connectivity index (χ3v) is 2.67. The first-order valence-corrected chi connectivity index (χ1v) is 4.94. The van der Waals surface area contributed by atoms with E-state index < -0.39 is 0 Å². The van der Waals surface area contributed by atoms with Crippen molar-refractivity contribution in [1.29, 1.82) is 0 Å². The van der Waals surface area contributed by atoms with Gasteiger partial charge in [0.2, 0.25) is 5.91 Å². The lowest BCUT2D eigenvalue weighted by molar-refractivity contribution is -0.129. The highest BCUT2D eigenvalue weighted by molar-refractivity contribution is 6.29. The Kier molecular flexibility index (Phi) is 2.42. The molecule has 1 aromatic heterocycles. The summed E-state index contributed by atoms with van der Waals surface area (Å²) in [6, 6.07) is 3.71. The van der Waals surface area contributed by atoms with E-state index in [-0.39, 0.29) is 5.91 Å². The molecule has 1 amide bonds. The third kappa shape index (κ3) is 1.73. The van der Waals surface area contributed by atoms with Gasteiger partial charge in [-0.05, 0) is 11.6 Å². The Balaban J connectivity index is 2.27. The van der Waals surface area contributed by atoms with Crippen LogP contribution in [-0.4, -0.2) is 22.3 Å². The molecule has 1 aliphatic rings. The summed E-state index contributed by atoms with van der Waals surface area (Å²) >= 11 is 5.78. The highest BCUT2D eigenvalue weighted by Gasteiger charge is 2.18. The standard InChI is InChI=1S/C10H11ClN2O/c1-7(14)13-5-4-9-8(6-13)2-3-10(11)12-9/h2-3H,4-6H2,1H3. The van der Waals surface area contributed by atoms with Crippen molar-refractivity contribution in [2.24, 2.45) is 0 Å². The van der Waals surface area contributed by atoms with Crippen LogP contribution in [0.3, 0.4) is 0 Å². The largest absolute Gasteiger partial charge is 0.338 e. The molecule has 0 bridgehead atoms. The Morgan fingerprint density at radius 2 is 2.36 bits per heavy atom. The van der Waals surface area contributed by atoms with E-state index in [2.05, 4.69) is 4.98 Å². The zero-order valence-corrected chi connectivity index (χ0v) is 8.71. The predicted molar refractivity (Wildman–Crippen MR) is 54.0 cm³/mol. The Hall–Kier alpha value is -1.09. The van der Waals surface area contributed by atoms with E-state index in [1.807, 2.05) is 11.0 Å². The molecule has 0 unspecified atom stereocenters. The van der Waals surface area contributed by atoms with E-state index in [4.69, 9.17) is 11.6 Å². The number of carbonyl (C=O) groups excluding carboxylic acids is 1. The van der Waals surface area contributed by atoms with Crippen LogP contribution in [0.2, 0.25) is 5.15 Å². The van der Waals surface area contributed by atoms with Crippen LogP contribution in [0.4, 0.5) is 0 Å². The summed E-state index contributed by atoms with van der Waals surface area (Å²) in [5, 5.41) is 0.528. The normalized spacial score (nSPS) is 15.1. The van der Waals surface area contributed by atoms with Crippen molar-refractivity contribution in [3.8, 4) is 0 Å². The van der Waals surface area contributed by atoms with Gasteiger partial charge in [-0.25, -0.2) is 4.98 Å². The average Bonchev–Trinajstić information content (AvgIpc) is 2.16. The summed E-state index contributed by atoms with van der Waals surface area (Å²) in [7, 11) is 0. The lowest BCUT2D eigenvalue weighted by Crippen LogP contribution is -2.34. The Labute approximate surface area is 87.7 Å². The second-order valence-corrected chi connectivity index (χ2v) is 3.82. The van der Waals surface area contributed by atoms with E-state index in [1.54, 1.807) is 13.0 Å². The molecule has 14 heavy (non-hydrogen) atoms. The molecule has 0 radical (unpaired) electrons. The molecule has 0 spiro atoms. The maximum atomic E-state index is 11.2. The van der Waals surface area contributed by atoms with Crippen LogP contribution in [0.1, 0.15) is 18.2 Å². The quantitative estimate of drug-likeness (QED) is 0.610. The number of hydrogen-bond donors (Lipinski definition) is 0. The molecule has 0 aromatic carbocycles. The van der Waals surface area contributed by atoms with Gasteiger partial charge in [0.05, 0.1) is 0 Å². The number of fused-ring (bicyclic) bond motifs is 1. The molecule has 0 N–H and O–H groups in total. The van der Waals surface area contributed by atoms with Gasteiger partial charge in [-0.3, -0.25) is 4.79 Å². The van der Waals surface area contributed by atoms with Gasteiger partial charge in [0.15, 0.2) is 0 Å². The Bertz CT molecular complexity index is 378. The molecule has 4 heteroatoms. The minimum Gasteiger partial charge on any atom is -0.338 e. The van der Waals surface area contributed by atoms with Gasteiger partial charge < -0.3 is 4.90 Å². The molecule has 3 nitrogen and oxygen atoms in total. The lowest BCUT2D eigenvalue weighted by atomic mass is 10.1. The fourth-order valence-electron chi connectivity index (χ4n) is 1.66. The summed E-state index contributed by atoms with van der Waals surface area (Å²) in [6.45, 7) is 3.00. The van der Waals surface area contributed by atoms with Crippen molar-refractivity contribution in [3.63, 3.8) is 0 Å². The van der Waals surface area contributed by atoms with Crippen molar-refractivity contribution in [2.45, 2.75) is 19.9 Å². The number of aromatic nitrogens is 1. The highest BCUT2D eigenvalue weighted by atomic mass is 35.5. The molecular weight excluding hydrogens is 200 g/mol. The molecule has 0 saturated heterocycles. The molecule has 0 fully saturated rings. The van der Waals surface area contributed by atoms with Gasteiger partial charge in [-0.2, -0.15) is 0 Å². The SMILES string of the molecule is CC(=O)N1CCc2nc(Cl)ccc2C1. The second kappa shape index (κ2) is 3.58. The lowest BCUT2D eigenvalue weighted by Gasteiger charge is -2.27. The Morgan fingerprint density at radius 3 is 3.07 bits per heavy atom. The summed E-state index contributed by atoms with van der Waals surface area (Å²) in [5.41, 5.74) is 2.13. The molecule has 74 valence electrons. The van der Waals surface area contributed by atoms with Gasteiger partial charge >= 0.3 is 0 Å². The molecule has 0 aliphatic carbocycles. The molecule has 0 saturated carbocycles. The second-order valence-electron chi connectivity index (χ2n) is 3.43. The van der Waals surface area contributed by atoms with Gasteiger partial charge in [-0.1, -0.05) is 17.7 Å². The number of nitrogens with zero attached hydrogens (tertiary/aromatic N) is 2. The predicted octanol–water partition coefficient (Wildman–Crippen LogP) is 1.64. The average molecular weight is 211 g/mol.